The Morgan fingerprint density at radius 1 is 1.55 bits per heavy atom. The number of hydrogen-bond donors (Lipinski definition) is 1. The highest BCUT2D eigenvalue weighted by atomic mass is 35.5. The van der Waals surface area contributed by atoms with Crippen LogP contribution < -0.4 is 5.32 Å². The summed E-state index contributed by atoms with van der Waals surface area (Å²) in [5, 5.41) is 9.11. The molecule has 1 N–H and O–H groups in total. The average Bonchev–Trinajstić information content (AvgIpc) is 2.86. The Morgan fingerprint density at radius 2 is 2.36 bits per heavy atom. The van der Waals surface area contributed by atoms with E-state index in [2.05, 4.69) is 15.4 Å². The number of rotatable bonds is 3. The number of methoxy groups -OCH3 is 1. The van der Waals surface area contributed by atoms with Gasteiger partial charge < -0.3 is 10.1 Å². The number of pyridine rings is 1. The molecule has 0 spiro atoms. The van der Waals surface area contributed by atoms with Gasteiger partial charge in [0.25, 0.3) is 0 Å². The maximum Gasteiger partial charge on any atom is 0.337 e. The molecule has 0 radical (unpaired) electrons. The average molecular weight is 319 g/mol. The third-order valence-electron chi connectivity index (χ3n) is 3.43. The van der Waals surface area contributed by atoms with Crippen molar-refractivity contribution >= 4 is 28.6 Å². The third kappa shape index (κ3) is 2.82. The minimum Gasteiger partial charge on any atom is -0.465 e. The van der Waals surface area contributed by atoms with E-state index < -0.39 is 5.54 Å². The number of hydrogen-bond acceptors (Lipinski definition) is 5. The molecule has 7 heteroatoms. The summed E-state index contributed by atoms with van der Waals surface area (Å²) >= 11 is 5.94. The number of carbonyl (C=O) groups excluding carboxylic acids is 1. The Labute approximate surface area is 132 Å². The fraction of sp³-hybridized carbons (Fsp3) is 0.267. The number of dihydropyridines is 1. The molecular formula is C15H15ClN4O2. The first kappa shape index (κ1) is 14.6. The highest BCUT2D eigenvalue weighted by molar-refractivity contribution is 6.31. The summed E-state index contributed by atoms with van der Waals surface area (Å²) in [5.41, 5.74) is 0.697. The largest absolute Gasteiger partial charge is 0.465 e. The van der Waals surface area contributed by atoms with Crippen molar-refractivity contribution < 1.29 is 9.53 Å². The lowest BCUT2D eigenvalue weighted by Gasteiger charge is -2.29. The molecule has 0 fully saturated rings. The van der Waals surface area contributed by atoms with Crippen molar-refractivity contribution in [2.24, 2.45) is 0 Å². The molecular weight excluding hydrogens is 304 g/mol. The fourth-order valence-corrected chi connectivity index (χ4v) is 2.61. The van der Waals surface area contributed by atoms with E-state index in [1.165, 1.54) is 7.11 Å². The van der Waals surface area contributed by atoms with Crippen molar-refractivity contribution in [3.05, 3.63) is 47.4 Å². The molecule has 0 aliphatic carbocycles. The number of halogens is 1. The molecule has 22 heavy (non-hydrogen) atoms. The molecule has 6 nitrogen and oxygen atoms in total. The van der Waals surface area contributed by atoms with Crippen LogP contribution in [0.15, 0.2) is 42.4 Å². The van der Waals surface area contributed by atoms with E-state index in [1.807, 2.05) is 25.3 Å². The number of carbonyl (C=O) groups is 1. The predicted octanol–water partition coefficient (Wildman–Crippen LogP) is 2.06. The highest BCUT2D eigenvalue weighted by Crippen LogP contribution is 2.20. The van der Waals surface area contributed by atoms with Gasteiger partial charge >= 0.3 is 5.97 Å². The first-order valence-corrected chi connectivity index (χ1v) is 7.11. The van der Waals surface area contributed by atoms with Gasteiger partial charge in [0, 0.05) is 17.8 Å². The quantitative estimate of drug-likeness (QED) is 0.877. The zero-order chi connectivity index (χ0) is 15.7. The SMILES string of the molecule is COC(=O)C1=CC(C)(Cn2cc3cc(Cl)cnc3n2)NC=C1. The Morgan fingerprint density at radius 3 is 3.14 bits per heavy atom. The second-order valence-corrected chi connectivity index (χ2v) is 5.82. The minimum atomic E-state index is -0.454. The van der Waals surface area contributed by atoms with Crippen LogP contribution in [-0.2, 0) is 16.1 Å². The van der Waals surface area contributed by atoms with Crippen molar-refractivity contribution in [1.82, 2.24) is 20.1 Å². The topological polar surface area (TPSA) is 69.0 Å². The van der Waals surface area contributed by atoms with Crippen molar-refractivity contribution in [2.45, 2.75) is 19.0 Å². The highest BCUT2D eigenvalue weighted by Gasteiger charge is 2.26. The lowest BCUT2D eigenvalue weighted by molar-refractivity contribution is -0.135. The summed E-state index contributed by atoms with van der Waals surface area (Å²) in [6, 6.07) is 1.82. The van der Waals surface area contributed by atoms with Gasteiger partial charge in [-0.25, -0.2) is 9.78 Å². The summed E-state index contributed by atoms with van der Waals surface area (Å²) in [7, 11) is 1.37. The van der Waals surface area contributed by atoms with Crippen LogP contribution in [0.2, 0.25) is 5.02 Å². The fourth-order valence-electron chi connectivity index (χ4n) is 2.45. The van der Waals surface area contributed by atoms with Gasteiger partial charge in [-0.3, -0.25) is 4.68 Å². The van der Waals surface area contributed by atoms with E-state index in [4.69, 9.17) is 16.3 Å². The molecule has 2 aromatic heterocycles. The number of aromatic nitrogens is 3. The van der Waals surface area contributed by atoms with Gasteiger partial charge in [0.2, 0.25) is 0 Å². The van der Waals surface area contributed by atoms with Gasteiger partial charge in [-0.05, 0) is 31.3 Å². The van der Waals surface area contributed by atoms with Gasteiger partial charge in [-0.2, -0.15) is 5.10 Å². The molecule has 0 saturated carbocycles. The monoisotopic (exact) mass is 318 g/mol. The second kappa shape index (κ2) is 5.46. The van der Waals surface area contributed by atoms with Gasteiger partial charge in [-0.15, -0.1) is 0 Å². The van der Waals surface area contributed by atoms with Crippen LogP contribution in [-0.4, -0.2) is 33.4 Å². The molecule has 1 atom stereocenters. The summed E-state index contributed by atoms with van der Waals surface area (Å²) in [5.74, 6) is -0.358. The van der Waals surface area contributed by atoms with Crippen LogP contribution in [0, 0.1) is 0 Å². The molecule has 1 unspecified atom stereocenters. The predicted molar refractivity (Wildman–Crippen MR) is 83.3 cm³/mol. The Balaban J connectivity index is 1.88. The maximum absolute atomic E-state index is 11.7. The van der Waals surface area contributed by atoms with E-state index in [-0.39, 0.29) is 5.97 Å². The van der Waals surface area contributed by atoms with Crippen molar-refractivity contribution in [3.8, 4) is 0 Å². The normalized spacial score (nSPS) is 20.6. The lowest BCUT2D eigenvalue weighted by atomic mass is 9.96. The van der Waals surface area contributed by atoms with Crippen molar-refractivity contribution in [1.29, 1.82) is 0 Å². The van der Waals surface area contributed by atoms with Gasteiger partial charge in [0.05, 0.1) is 29.8 Å². The van der Waals surface area contributed by atoms with Crippen LogP contribution >= 0.6 is 11.6 Å². The number of esters is 1. The summed E-state index contributed by atoms with van der Waals surface area (Å²) in [4.78, 5) is 15.9. The third-order valence-corrected chi connectivity index (χ3v) is 3.64. The minimum absolute atomic E-state index is 0.358. The number of ether oxygens (including phenoxy) is 1. The molecule has 1 aliphatic rings. The number of fused-ring (bicyclic) bond motifs is 1. The molecule has 1 aliphatic heterocycles. The van der Waals surface area contributed by atoms with Crippen LogP contribution in [0.3, 0.4) is 0 Å². The smallest absolute Gasteiger partial charge is 0.337 e. The Kier molecular flexibility index (Phi) is 3.62. The molecule has 0 saturated heterocycles. The Hall–Kier alpha value is -2.34. The van der Waals surface area contributed by atoms with Gasteiger partial charge in [0.1, 0.15) is 0 Å². The van der Waals surface area contributed by atoms with Gasteiger partial charge in [0.15, 0.2) is 5.65 Å². The van der Waals surface area contributed by atoms with Crippen molar-refractivity contribution in [3.63, 3.8) is 0 Å². The molecule has 2 aromatic rings. The lowest BCUT2D eigenvalue weighted by Crippen LogP contribution is -2.43. The van der Waals surface area contributed by atoms with Crippen LogP contribution in [0.4, 0.5) is 0 Å². The summed E-state index contributed by atoms with van der Waals surface area (Å²) in [6.07, 6.45) is 8.72. The summed E-state index contributed by atoms with van der Waals surface area (Å²) in [6.45, 7) is 2.51. The first-order valence-electron chi connectivity index (χ1n) is 6.73. The van der Waals surface area contributed by atoms with E-state index >= 15 is 0 Å². The van der Waals surface area contributed by atoms with Crippen molar-refractivity contribution in [2.75, 3.05) is 7.11 Å². The standard InChI is InChI=1S/C15H15ClN4O2/c1-15(6-10(3-4-18-15)14(21)22-2)9-20-8-11-5-12(16)7-17-13(11)19-20/h3-8,18H,9H2,1-2H3. The molecule has 0 aromatic carbocycles. The molecule has 0 amide bonds. The summed E-state index contributed by atoms with van der Waals surface area (Å²) < 4.78 is 6.54. The molecule has 3 heterocycles. The van der Waals surface area contributed by atoms with E-state index in [0.29, 0.717) is 22.8 Å². The number of nitrogens with one attached hydrogen (secondary N) is 1. The molecule has 3 rings (SSSR count). The second-order valence-electron chi connectivity index (χ2n) is 5.38. The zero-order valence-corrected chi connectivity index (χ0v) is 13.0. The van der Waals surface area contributed by atoms with E-state index in [1.54, 1.807) is 23.2 Å². The maximum atomic E-state index is 11.7. The first-order chi connectivity index (χ1) is 10.5. The molecule has 0 bridgehead atoms. The van der Waals surface area contributed by atoms with Crippen LogP contribution in [0.1, 0.15) is 6.92 Å². The van der Waals surface area contributed by atoms with Crippen LogP contribution in [0.5, 0.6) is 0 Å². The van der Waals surface area contributed by atoms with Gasteiger partial charge in [-0.1, -0.05) is 11.6 Å². The van der Waals surface area contributed by atoms with Crippen LogP contribution in [0.25, 0.3) is 11.0 Å². The molecule has 114 valence electrons. The Bertz CT molecular complexity index is 796. The van der Waals surface area contributed by atoms with E-state index in [0.717, 1.165) is 5.39 Å². The zero-order valence-electron chi connectivity index (χ0n) is 12.2. The van der Waals surface area contributed by atoms with E-state index in [9.17, 15) is 4.79 Å². The number of nitrogens with zero attached hydrogens (tertiary/aromatic N) is 3.